The van der Waals surface area contributed by atoms with Crippen molar-refractivity contribution in [2.75, 3.05) is 32.9 Å². The Bertz CT molecular complexity index is 765. The minimum absolute atomic E-state index is 0.146. The highest BCUT2D eigenvalue weighted by Crippen LogP contribution is 2.41. The highest BCUT2D eigenvalue weighted by atomic mass is 16.6. The summed E-state index contributed by atoms with van der Waals surface area (Å²) in [6.07, 6.45) is -1.13. The number of imidazole rings is 1. The van der Waals surface area contributed by atoms with Gasteiger partial charge in [-0.15, -0.1) is 0 Å². The summed E-state index contributed by atoms with van der Waals surface area (Å²) in [7, 11) is 0. The molecule has 4 heterocycles. The predicted molar refractivity (Wildman–Crippen MR) is 81.3 cm³/mol. The van der Waals surface area contributed by atoms with Crippen LogP contribution < -0.4 is 0 Å². The molecule has 0 aromatic carbocycles. The zero-order valence-electron chi connectivity index (χ0n) is 13.3. The molecule has 136 valence electrons. The number of aromatic nitrogens is 4. The summed E-state index contributed by atoms with van der Waals surface area (Å²) >= 11 is 0. The first-order chi connectivity index (χ1) is 12.1. The molecule has 2 fully saturated rings. The van der Waals surface area contributed by atoms with Crippen molar-refractivity contribution in [3.63, 3.8) is 0 Å². The molecular formula is C14H19N5O6. The van der Waals surface area contributed by atoms with Gasteiger partial charge in [-0.2, -0.15) is 4.98 Å². The second kappa shape index (κ2) is 6.12. The van der Waals surface area contributed by atoms with Gasteiger partial charge in [-0.05, 0) is 0 Å². The zero-order valence-corrected chi connectivity index (χ0v) is 13.3. The number of aliphatic hydroxyl groups excluding tert-OH is 3. The number of aromatic hydroxyl groups is 1. The molecule has 0 amide bonds. The van der Waals surface area contributed by atoms with Crippen LogP contribution in [0, 0.1) is 0 Å². The molecule has 2 aliphatic heterocycles. The van der Waals surface area contributed by atoms with E-state index in [1.165, 1.54) is 17.2 Å². The van der Waals surface area contributed by atoms with Crippen LogP contribution in [-0.2, 0) is 15.3 Å². The van der Waals surface area contributed by atoms with Gasteiger partial charge in [0.25, 0.3) is 0 Å². The molecule has 2 saturated heterocycles. The molecule has 25 heavy (non-hydrogen) atoms. The van der Waals surface area contributed by atoms with E-state index in [0.717, 1.165) is 0 Å². The van der Waals surface area contributed by atoms with Gasteiger partial charge in [-0.3, -0.25) is 9.47 Å². The molecule has 0 aliphatic carbocycles. The number of rotatable bonds is 3. The van der Waals surface area contributed by atoms with E-state index < -0.39 is 30.8 Å². The second-order valence-corrected chi connectivity index (χ2v) is 6.02. The molecule has 0 unspecified atom stereocenters. The van der Waals surface area contributed by atoms with E-state index in [0.29, 0.717) is 26.3 Å². The van der Waals surface area contributed by atoms with Crippen molar-refractivity contribution in [3.8, 4) is 5.88 Å². The maximum atomic E-state index is 10.8. The molecule has 4 atom stereocenters. The molecule has 0 bridgehead atoms. The quantitative estimate of drug-likeness (QED) is 0.470. The fraction of sp³-hybridized carbons (Fsp3) is 0.643. The van der Waals surface area contributed by atoms with Crippen LogP contribution >= 0.6 is 0 Å². The molecular weight excluding hydrogens is 334 g/mol. The van der Waals surface area contributed by atoms with Crippen LogP contribution in [0.3, 0.4) is 0 Å². The zero-order chi connectivity index (χ0) is 17.6. The third kappa shape index (κ3) is 2.32. The maximum Gasteiger partial charge on any atom is 0.242 e. The summed E-state index contributed by atoms with van der Waals surface area (Å²) in [5.41, 5.74) is 0.386. The standard InChI is InChI=1S/C14H19N5O6/c20-5-8-10(21)11(22)14(25-8,18-1-3-24-4-2-18)19-7-17-9-12(19)15-6-16-13(9)23/h6-8,10-11,20-22H,1-5H2,(H,15,16,23)/t8-,10-,11-,14+/m1/s1. The highest BCUT2D eigenvalue weighted by Gasteiger charge is 2.59. The van der Waals surface area contributed by atoms with E-state index in [1.807, 2.05) is 0 Å². The molecule has 4 rings (SSSR count). The Morgan fingerprint density at radius 1 is 1.20 bits per heavy atom. The van der Waals surface area contributed by atoms with Gasteiger partial charge in [0.1, 0.15) is 31.0 Å². The van der Waals surface area contributed by atoms with Crippen molar-refractivity contribution in [1.82, 2.24) is 24.4 Å². The van der Waals surface area contributed by atoms with Gasteiger partial charge < -0.3 is 29.9 Å². The first-order valence-corrected chi connectivity index (χ1v) is 7.94. The number of nitrogens with zero attached hydrogens (tertiary/aromatic N) is 5. The average molecular weight is 353 g/mol. The minimum atomic E-state index is -1.54. The SMILES string of the molecule is OC[C@H]1O[C@@](N2CCOCC2)(n2cnc3c(O)ncnc32)[C@H](O)[C@@H]1O. The Morgan fingerprint density at radius 3 is 2.64 bits per heavy atom. The average Bonchev–Trinajstić information content (AvgIpc) is 3.18. The van der Waals surface area contributed by atoms with Gasteiger partial charge >= 0.3 is 0 Å². The maximum absolute atomic E-state index is 10.8. The number of ether oxygens (including phenoxy) is 2. The van der Waals surface area contributed by atoms with Crippen LogP contribution in [0.25, 0.3) is 11.2 Å². The van der Waals surface area contributed by atoms with Gasteiger partial charge in [0.2, 0.25) is 11.7 Å². The molecule has 2 aromatic heterocycles. The Labute approximate surface area is 142 Å². The first kappa shape index (κ1) is 16.6. The smallest absolute Gasteiger partial charge is 0.242 e. The number of aliphatic hydroxyl groups is 3. The summed E-state index contributed by atoms with van der Waals surface area (Å²) in [4.78, 5) is 13.7. The number of fused-ring (bicyclic) bond motifs is 1. The molecule has 2 aliphatic rings. The Hall–Kier alpha value is -1.89. The van der Waals surface area contributed by atoms with E-state index in [4.69, 9.17) is 9.47 Å². The highest BCUT2D eigenvalue weighted by molar-refractivity contribution is 5.75. The van der Waals surface area contributed by atoms with Crippen molar-refractivity contribution in [3.05, 3.63) is 12.7 Å². The van der Waals surface area contributed by atoms with Crippen molar-refractivity contribution in [2.45, 2.75) is 24.2 Å². The van der Waals surface area contributed by atoms with Gasteiger partial charge in [0, 0.05) is 13.1 Å². The van der Waals surface area contributed by atoms with Crippen molar-refractivity contribution >= 4 is 11.2 Å². The predicted octanol–water partition coefficient (Wildman–Crippen LogP) is -2.41. The topological polar surface area (TPSA) is 146 Å². The monoisotopic (exact) mass is 353 g/mol. The molecule has 4 N–H and O–H groups in total. The molecule has 11 heteroatoms. The summed E-state index contributed by atoms with van der Waals surface area (Å²) in [6, 6.07) is 0. The van der Waals surface area contributed by atoms with Crippen LogP contribution in [0.15, 0.2) is 12.7 Å². The fourth-order valence-electron chi connectivity index (χ4n) is 3.49. The molecule has 0 radical (unpaired) electrons. The minimum Gasteiger partial charge on any atom is -0.492 e. The fourth-order valence-corrected chi connectivity index (χ4v) is 3.49. The van der Waals surface area contributed by atoms with Gasteiger partial charge in [0.15, 0.2) is 11.2 Å². The Morgan fingerprint density at radius 2 is 1.96 bits per heavy atom. The first-order valence-electron chi connectivity index (χ1n) is 7.94. The van der Waals surface area contributed by atoms with Crippen LogP contribution in [-0.4, -0.2) is 96.1 Å². The van der Waals surface area contributed by atoms with E-state index in [2.05, 4.69) is 15.0 Å². The van der Waals surface area contributed by atoms with E-state index in [-0.39, 0.29) is 17.0 Å². The molecule has 2 aromatic rings. The van der Waals surface area contributed by atoms with Crippen molar-refractivity contribution < 1.29 is 29.9 Å². The summed E-state index contributed by atoms with van der Waals surface area (Å²) < 4.78 is 12.8. The lowest BCUT2D eigenvalue weighted by atomic mass is 10.1. The molecule has 0 saturated carbocycles. The molecule has 0 spiro atoms. The van der Waals surface area contributed by atoms with Gasteiger partial charge in [0.05, 0.1) is 19.8 Å². The lowest BCUT2D eigenvalue weighted by Gasteiger charge is -2.44. The third-order valence-electron chi connectivity index (χ3n) is 4.72. The van der Waals surface area contributed by atoms with E-state index in [9.17, 15) is 20.4 Å². The van der Waals surface area contributed by atoms with Gasteiger partial charge in [-0.25, -0.2) is 9.97 Å². The van der Waals surface area contributed by atoms with Gasteiger partial charge in [-0.1, -0.05) is 0 Å². The van der Waals surface area contributed by atoms with E-state index >= 15 is 0 Å². The van der Waals surface area contributed by atoms with Crippen molar-refractivity contribution in [2.24, 2.45) is 0 Å². The number of hydrogen-bond donors (Lipinski definition) is 4. The summed E-state index contributed by atoms with van der Waals surface area (Å²) in [5, 5.41) is 40.6. The van der Waals surface area contributed by atoms with Crippen LogP contribution in [0.1, 0.15) is 0 Å². The number of hydrogen-bond acceptors (Lipinski definition) is 10. The Kier molecular flexibility index (Phi) is 4.06. The Balaban J connectivity index is 1.90. The summed E-state index contributed by atoms with van der Waals surface area (Å²) in [6.45, 7) is 1.24. The lowest BCUT2D eigenvalue weighted by molar-refractivity contribution is -0.254. The largest absolute Gasteiger partial charge is 0.492 e. The van der Waals surface area contributed by atoms with Crippen LogP contribution in [0.2, 0.25) is 0 Å². The number of morpholine rings is 1. The van der Waals surface area contributed by atoms with Crippen LogP contribution in [0.5, 0.6) is 5.88 Å². The summed E-state index contributed by atoms with van der Waals surface area (Å²) in [5.74, 6) is -1.83. The van der Waals surface area contributed by atoms with Crippen molar-refractivity contribution in [1.29, 1.82) is 0 Å². The molecule has 11 nitrogen and oxygen atoms in total. The van der Waals surface area contributed by atoms with E-state index in [1.54, 1.807) is 4.90 Å². The third-order valence-corrected chi connectivity index (χ3v) is 4.72. The van der Waals surface area contributed by atoms with Crippen LogP contribution in [0.4, 0.5) is 0 Å². The normalized spacial score (nSPS) is 34.0. The second-order valence-electron chi connectivity index (χ2n) is 6.02. The lowest BCUT2D eigenvalue weighted by Crippen LogP contribution is -2.61.